The van der Waals surface area contributed by atoms with Gasteiger partial charge in [-0.15, -0.1) is 11.3 Å². The van der Waals surface area contributed by atoms with E-state index < -0.39 is 0 Å². The first-order valence-electron chi connectivity index (χ1n) is 5.50. The summed E-state index contributed by atoms with van der Waals surface area (Å²) in [4.78, 5) is 2.90. The van der Waals surface area contributed by atoms with Crippen molar-refractivity contribution in [1.82, 2.24) is 5.32 Å². The first-order valence-corrected chi connectivity index (χ1v) is 6.31. The highest BCUT2D eigenvalue weighted by Crippen LogP contribution is 2.28. The van der Waals surface area contributed by atoms with E-state index in [0.717, 1.165) is 6.04 Å². The summed E-state index contributed by atoms with van der Waals surface area (Å²) in [6, 6.07) is 3.64. The van der Waals surface area contributed by atoms with Gasteiger partial charge in [0.15, 0.2) is 0 Å². The zero-order valence-electron chi connectivity index (χ0n) is 9.26. The molecule has 0 aliphatic heterocycles. The molecular weight excluding hydrogens is 190 g/mol. The lowest BCUT2D eigenvalue weighted by atomic mass is 9.92. The Morgan fingerprint density at radius 2 is 2.14 bits per heavy atom. The summed E-state index contributed by atoms with van der Waals surface area (Å²) in [5, 5.41) is 3.69. The van der Waals surface area contributed by atoms with Crippen LogP contribution in [0.25, 0.3) is 0 Å². The Bertz CT molecular complexity index is 312. The summed E-state index contributed by atoms with van der Waals surface area (Å²) in [7, 11) is 0. The average Bonchev–Trinajstić information content (AvgIpc) is 2.37. The summed E-state index contributed by atoms with van der Waals surface area (Å²) in [5.74, 6) is 0. The van der Waals surface area contributed by atoms with Crippen molar-refractivity contribution < 1.29 is 0 Å². The van der Waals surface area contributed by atoms with Gasteiger partial charge in [-0.25, -0.2) is 0 Å². The Morgan fingerprint density at radius 3 is 2.57 bits per heavy atom. The van der Waals surface area contributed by atoms with E-state index in [0.29, 0.717) is 6.04 Å². The number of nitrogens with one attached hydrogen (secondary N) is 1. The molecule has 1 heterocycles. The van der Waals surface area contributed by atoms with Crippen LogP contribution in [0.1, 0.15) is 47.5 Å². The van der Waals surface area contributed by atoms with Crippen LogP contribution in [0.3, 0.4) is 0 Å². The summed E-state index contributed by atoms with van der Waals surface area (Å²) in [5.41, 5.74) is 1.50. The molecule has 0 aromatic carbocycles. The topological polar surface area (TPSA) is 12.0 Å². The lowest BCUT2D eigenvalue weighted by Crippen LogP contribution is -2.36. The molecule has 1 atom stereocenters. The third kappa shape index (κ3) is 2.01. The van der Waals surface area contributed by atoms with E-state index in [-0.39, 0.29) is 0 Å². The quantitative estimate of drug-likeness (QED) is 0.802. The van der Waals surface area contributed by atoms with Crippen LogP contribution in [0, 0.1) is 13.8 Å². The molecule has 0 saturated heterocycles. The summed E-state index contributed by atoms with van der Waals surface area (Å²) >= 11 is 1.91. The summed E-state index contributed by atoms with van der Waals surface area (Å²) in [6.07, 6.45) is 4.14. The molecule has 2 heteroatoms. The van der Waals surface area contributed by atoms with E-state index in [2.05, 4.69) is 32.2 Å². The molecule has 1 aliphatic carbocycles. The predicted molar refractivity (Wildman–Crippen MR) is 63.0 cm³/mol. The molecule has 0 radical (unpaired) electrons. The Labute approximate surface area is 90.5 Å². The van der Waals surface area contributed by atoms with Crippen LogP contribution in [-0.4, -0.2) is 6.04 Å². The van der Waals surface area contributed by atoms with Crippen molar-refractivity contribution in [1.29, 1.82) is 0 Å². The second-order valence-electron chi connectivity index (χ2n) is 4.38. The van der Waals surface area contributed by atoms with Gasteiger partial charge < -0.3 is 5.32 Å². The van der Waals surface area contributed by atoms with Gasteiger partial charge in [0.25, 0.3) is 0 Å². The molecule has 1 nitrogen and oxygen atoms in total. The molecule has 0 bridgehead atoms. The Balaban J connectivity index is 2.02. The summed E-state index contributed by atoms with van der Waals surface area (Å²) < 4.78 is 0. The molecule has 1 fully saturated rings. The van der Waals surface area contributed by atoms with Crippen LogP contribution >= 0.6 is 11.3 Å². The van der Waals surface area contributed by atoms with Crippen molar-refractivity contribution >= 4 is 11.3 Å². The third-order valence-electron chi connectivity index (χ3n) is 3.14. The Hall–Kier alpha value is -0.340. The second-order valence-corrected chi connectivity index (χ2v) is 5.85. The van der Waals surface area contributed by atoms with Crippen molar-refractivity contribution in [2.24, 2.45) is 0 Å². The van der Waals surface area contributed by atoms with Gasteiger partial charge in [0.1, 0.15) is 0 Å². The fraction of sp³-hybridized carbons (Fsp3) is 0.667. The predicted octanol–water partition coefficient (Wildman–Crippen LogP) is 3.57. The number of hydrogen-bond donors (Lipinski definition) is 1. The van der Waals surface area contributed by atoms with Crippen LogP contribution < -0.4 is 5.32 Å². The maximum absolute atomic E-state index is 3.69. The zero-order chi connectivity index (χ0) is 10.1. The van der Waals surface area contributed by atoms with E-state index in [1.165, 1.54) is 34.6 Å². The van der Waals surface area contributed by atoms with Crippen LogP contribution in [0.5, 0.6) is 0 Å². The molecule has 0 amide bonds. The number of rotatable bonds is 3. The van der Waals surface area contributed by atoms with Crippen molar-refractivity contribution in [3.63, 3.8) is 0 Å². The molecule has 1 aliphatic rings. The van der Waals surface area contributed by atoms with Crippen molar-refractivity contribution in [2.75, 3.05) is 0 Å². The van der Waals surface area contributed by atoms with Crippen molar-refractivity contribution in [2.45, 2.75) is 52.1 Å². The average molecular weight is 209 g/mol. The molecule has 1 saturated carbocycles. The molecule has 1 N–H and O–H groups in total. The first-order chi connectivity index (χ1) is 6.66. The number of hydrogen-bond acceptors (Lipinski definition) is 2. The fourth-order valence-corrected chi connectivity index (χ4v) is 3.12. The molecule has 14 heavy (non-hydrogen) atoms. The van der Waals surface area contributed by atoms with E-state index in [4.69, 9.17) is 0 Å². The number of thiophene rings is 1. The van der Waals surface area contributed by atoms with Gasteiger partial charge in [0.2, 0.25) is 0 Å². The molecular formula is C12H19NS. The Morgan fingerprint density at radius 1 is 1.43 bits per heavy atom. The van der Waals surface area contributed by atoms with Crippen LogP contribution in [-0.2, 0) is 0 Å². The summed E-state index contributed by atoms with van der Waals surface area (Å²) in [6.45, 7) is 6.70. The van der Waals surface area contributed by atoms with Crippen LogP contribution in [0.2, 0.25) is 0 Å². The molecule has 2 rings (SSSR count). The lowest BCUT2D eigenvalue weighted by Gasteiger charge is -2.30. The minimum Gasteiger partial charge on any atom is -0.307 e. The van der Waals surface area contributed by atoms with E-state index in [1.54, 1.807) is 0 Å². The van der Waals surface area contributed by atoms with Gasteiger partial charge in [-0.2, -0.15) is 0 Å². The van der Waals surface area contributed by atoms with Gasteiger partial charge in [-0.05, 0) is 45.2 Å². The van der Waals surface area contributed by atoms with Gasteiger partial charge >= 0.3 is 0 Å². The minimum atomic E-state index is 0.533. The zero-order valence-corrected chi connectivity index (χ0v) is 10.1. The standard InChI is InChI=1S/C12H19NS/c1-8-7-12(10(3)14-8)9(2)13-11-5-4-6-11/h7,9,11,13H,4-6H2,1-3H3. The molecule has 78 valence electrons. The van der Waals surface area contributed by atoms with Crippen LogP contribution in [0.15, 0.2) is 6.07 Å². The van der Waals surface area contributed by atoms with Gasteiger partial charge in [-0.1, -0.05) is 6.42 Å². The molecule has 1 unspecified atom stereocenters. The minimum absolute atomic E-state index is 0.533. The van der Waals surface area contributed by atoms with Gasteiger partial charge in [0, 0.05) is 21.8 Å². The van der Waals surface area contributed by atoms with Crippen molar-refractivity contribution in [3.8, 4) is 0 Å². The van der Waals surface area contributed by atoms with Gasteiger partial charge in [0.05, 0.1) is 0 Å². The molecule has 1 aromatic rings. The van der Waals surface area contributed by atoms with E-state index in [1.807, 2.05) is 11.3 Å². The normalized spacial score (nSPS) is 19.4. The lowest BCUT2D eigenvalue weighted by molar-refractivity contribution is 0.313. The Kier molecular flexibility index (Phi) is 2.93. The largest absolute Gasteiger partial charge is 0.307 e. The monoisotopic (exact) mass is 209 g/mol. The van der Waals surface area contributed by atoms with E-state index in [9.17, 15) is 0 Å². The molecule has 1 aromatic heterocycles. The SMILES string of the molecule is Cc1cc(C(C)NC2CCC2)c(C)s1. The highest BCUT2D eigenvalue weighted by Gasteiger charge is 2.20. The van der Waals surface area contributed by atoms with Crippen LogP contribution in [0.4, 0.5) is 0 Å². The highest BCUT2D eigenvalue weighted by molar-refractivity contribution is 7.12. The van der Waals surface area contributed by atoms with Gasteiger partial charge in [-0.3, -0.25) is 0 Å². The van der Waals surface area contributed by atoms with Crippen molar-refractivity contribution in [3.05, 3.63) is 21.4 Å². The maximum Gasteiger partial charge on any atom is 0.0305 e. The molecule has 0 spiro atoms. The van der Waals surface area contributed by atoms with E-state index >= 15 is 0 Å². The first kappa shape index (κ1) is 10.2. The third-order valence-corrected chi connectivity index (χ3v) is 4.12. The maximum atomic E-state index is 3.69. The second kappa shape index (κ2) is 4.03. The number of aryl methyl sites for hydroxylation is 2. The fourth-order valence-electron chi connectivity index (χ4n) is 2.10. The smallest absolute Gasteiger partial charge is 0.0305 e. The highest BCUT2D eigenvalue weighted by atomic mass is 32.1.